The molecule has 0 spiro atoms. The number of aliphatic hydroxyl groups is 2. The average molecular weight is 393 g/mol. The van der Waals surface area contributed by atoms with Crippen LogP contribution in [0.5, 0.6) is 0 Å². The molecule has 4 saturated carbocycles. The molecule has 0 bridgehead atoms. The first-order valence-corrected chi connectivity index (χ1v) is 11.8. The predicted molar refractivity (Wildman–Crippen MR) is 116 cm³/mol. The highest BCUT2D eigenvalue weighted by Gasteiger charge is 2.64. The van der Waals surface area contributed by atoms with Gasteiger partial charge in [0.25, 0.3) is 0 Å². The largest absolute Gasteiger partial charge is 0.393 e. The van der Waals surface area contributed by atoms with E-state index in [9.17, 15) is 10.2 Å². The highest BCUT2D eigenvalue weighted by Crippen LogP contribution is 2.68. The molecule has 2 N–H and O–H groups in total. The lowest BCUT2D eigenvalue weighted by atomic mass is 9.44. The number of rotatable bonds is 0. The van der Waals surface area contributed by atoms with Crippen LogP contribution in [0.2, 0.25) is 0 Å². The molecule has 2 nitrogen and oxygen atoms in total. The summed E-state index contributed by atoms with van der Waals surface area (Å²) in [5.41, 5.74) is 0.433. The van der Waals surface area contributed by atoms with Gasteiger partial charge in [-0.1, -0.05) is 43.9 Å². The summed E-state index contributed by atoms with van der Waals surface area (Å²) in [6.07, 6.45) is 9.86. The minimum absolute atomic E-state index is 0.0803. The maximum atomic E-state index is 11.7. The number of aliphatic hydroxyl groups excluding tert-OH is 1. The molecule has 4 aliphatic rings. The summed E-state index contributed by atoms with van der Waals surface area (Å²) in [6, 6.07) is 10.1. The maximum absolute atomic E-state index is 11.7. The Kier molecular flexibility index (Phi) is 4.65. The van der Waals surface area contributed by atoms with E-state index in [1.165, 1.54) is 25.7 Å². The van der Waals surface area contributed by atoms with E-state index in [0.717, 1.165) is 49.5 Å². The molecule has 1 aromatic carbocycles. The summed E-state index contributed by atoms with van der Waals surface area (Å²) in [5, 5.41) is 21.9. The monoisotopic (exact) mass is 392 g/mol. The molecule has 4 fully saturated rings. The minimum Gasteiger partial charge on any atom is -0.393 e. The van der Waals surface area contributed by atoms with Crippen molar-refractivity contribution in [2.24, 2.45) is 34.5 Å². The second kappa shape index (κ2) is 6.86. The molecule has 5 rings (SSSR count). The van der Waals surface area contributed by atoms with Gasteiger partial charge < -0.3 is 10.2 Å². The molecule has 0 heterocycles. The number of benzene rings is 1. The Bertz CT molecular complexity index is 822. The van der Waals surface area contributed by atoms with Gasteiger partial charge in [0.1, 0.15) is 5.60 Å². The molecule has 156 valence electrons. The first kappa shape index (κ1) is 19.7. The first-order chi connectivity index (χ1) is 13.9. The number of hydrogen-bond donors (Lipinski definition) is 2. The summed E-state index contributed by atoms with van der Waals surface area (Å²) < 4.78 is 0. The van der Waals surface area contributed by atoms with Gasteiger partial charge in [0.15, 0.2) is 0 Å². The van der Waals surface area contributed by atoms with Crippen LogP contribution in [0.25, 0.3) is 0 Å². The Morgan fingerprint density at radius 2 is 1.66 bits per heavy atom. The van der Waals surface area contributed by atoms with E-state index in [0.29, 0.717) is 17.3 Å². The fraction of sp³-hybridized carbons (Fsp3) is 0.704. The molecular formula is C27H36O2. The molecule has 0 radical (unpaired) electrons. The van der Waals surface area contributed by atoms with E-state index < -0.39 is 5.60 Å². The zero-order valence-electron chi connectivity index (χ0n) is 18.0. The quantitative estimate of drug-likeness (QED) is 0.598. The van der Waals surface area contributed by atoms with Gasteiger partial charge in [-0.05, 0) is 99.0 Å². The number of hydrogen-bond acceptors (Lipinski definition) is 2. The lowest BCUT2D eigenvalue weighted by Crippen LogP contribution is -2.56. The maximum Gasteiger partial charge on any atom is 0.131 e. The Balaban J connectivity index is 1.42. The van der Waals surface area contributed by atoms with Gasteiger partial charge in [-0.25, -0.2) is 0 Å². The Morgan fingerprint density at radius 1 is 0.897 bits per heavy atom. The van der Waals surface area contributed by atoms with Crippen LogP contribution in [0, 0.1) is 46.3 Å². The fourth-order valence-electron chi connectivity index (χ4n) is 8.15. The molecule has 1 aromatic rings. The molecule has 0 unspecified atom stereocenters. The Hall–Kier alpha value is -1.30. The lowest BCUT2D eigenvalue weighted by Gasteiger charge is -2.61. The third-order valence-corrected chi connectivity index (χ3v) is 9.98. The summed E-state index contributed by atoms with van der Waals surface area (Å²) in [4.78, 5) is 0. The van der Waals surface area contributed by atoms with Crippen molar-refractivity contribution in [1.82, 2.24) is 0 Å². The second-order valence-corrected chi connectivity index (χ2v) is 11.1. The lowest BCUT2D eigenvalue weighted by molar-refractivity contribution is -0.144. The molecule has 0 saturated heterocycles. The van der Waals surface area contributed by atoms with E-state index in [1.807, 2.05) is 30.3 Å². The van der Waals surface area contributed by atoms with Crippen LogP contribution in [-0.4, -0.2) is 21.9 Å². The molecule has 8 atom stereocenters. The molecule has 0 amide bonds. The van der Waals surface area contributed by atoms with Crippen molar-refractivity contribution < 1.29 is 10.2 Å². The van der Waals surface area contributed by atoms with Crippen LogP contribution in [0.3, 0.4) is 0 Å². The van der Waals surface area contributed by atoms with Gasteiger partial charge in [-0.2, -0.15) is 0 Å². The van der Waals surface area contributed by atoms with Gasteiger partial charge in [-0.3, -0.25) is 0 Å². The average Bonchev–Trinajstić information content (AvgIpc) is 2.99. The van der Waals surface area contributed by atoms with Gasteiger partial charge in [0.05, 0.1) is 6.10 Å². The van der Waals surface area contributed by atoms with Crippen molar-refractivity contribution in [3.8, 4) is 11.8 Å². The molecular weight excluding hydrogens is 356 g/mol. The van der Waals surface area contributed by atoms with Crippen LogP contribution < -0.4 is 0 Å². The minimum atomic E-state index is -0.862. The van der Waals surface area contributed by atoms with E-state index in [-0.39, 0.29) is 11.5 Å². The molecule has 4 aliphatic carbocycles. The highest BCUT2D eigenvalue weighted by molar-refractivity contribution is 5.38. The van der Waals surface area contributed by atoms with E-state index in [4.69, 9.17) is 0 Å². The smallest absolute Gasteiger partial charge is 0.131 e. The molecule has 2 heteroatoms. The normalized spacial score (nSPS) is 48.6. The Morgan fingerprint density at radius 3 is 2.45 bits per heavy atom. The topological polar surface area (TPSA) is 40.5 Å². The van der Waals surface area contributed by atoms with Gasteiger partial charge >= 0.3 is 0 Å². The van der Waals surface area contributed by atoms with E-state index in [1.54, 1.807) is 0 Å². The van der Waals surface area contributed by atoms with Crippen molar-refractivity contribution in [2.75, 3.05) is 0 Å². The van der Waals surface area contributed by atoms with Crippen LogP contribution >= 0.6 is 0 Å². The van der Waals surface area contributed by atoms with Crippen LogP contribution in [-0.2, 0) is 0 Å². The van der Waals surface area contributed by atoms with Crippen molar-refractivity contribution in [3.63, 3.8) is 0 Å². The van der Waals surface area contributed by atoms with Gasteiger partial charge in [-0.15, -0.1) is 0 Å². The summed E-state index contributed by atoms with van der Waals surface area (Å²) in [7, 11) is 0. The Labute approximate surface area is 176 Å². The van der Waals surface area contributed by atoms with Crippen LogP contribution in [0.15, 0.2) is 30.3 Å². The van der Waals surface area contributed by atoms with E-state index in [2.05, 4.69) is 25.7 Å². The van der Waals surface area contributed by atoms with Crippen LogP contribution in [0.1, 0.15) is 77.2 Å². The summed E-state index contributed by atoms with van der Waals surface area (Å²) in [6.45, 7) is 4.86. The fourth-order valence-corrected chi connectivity index (χ4v) is 8.15. The zero-order chi connectivity index (χ0) is 20.3. The van der Waals surface area contributed by atoms with Crippen molar-refractivity contribution in [2.45, 2.75) is 83.3 Å². The van der Waals surface area contributed by atoms with E-state index >= 15 is 0 Å². The SMILES string of the molecule is C[C@@]12CC[C@@H](O)C[C@@H]1CC[C@H]1[C@H]3CC[C@](O)(C#Cc4ccccc4)[C@]3(C)CC[C@@H]12. The van der Waals surface area contributed by atoms with Crippen molar-refractivity contribution in [3.05, 3.63) is 35.9 Å². The number of fused-ring (bicyclic) bond motifs is 5. The van der Waals surface area contributed by atoms with Gasteiger partial charge in [0, 0.05) is 11.0 Å². The predicted octanol–water partition coefficient (Wildman–Crippen LogP) is 5.17. The molecule has 29 heavy (non-hydrogen) atoms. The highest BCUT2D eigenvalue weighted by atomic mass is 16.3. The molecule has 0 aliphatic heterocycles. The third kappa shape index (κ3) is 2.92. The summed E-state index contributed by atoms with van der Waals surface area (Å²) in [5.74, 6) is 9.40. The van der Waals surface area contributed by atoms with Gasteiger partial charge in [0.2, 0.25) is 0 Å². The van der Waals surface area contributed by atoms with Crippen molar-refractivity contribution >= 4 is 0 Å². The standard InChI is InChI=1S/C27H36O2/c1-25-14-11-21(28)18-20(25)8-9-22-23(25)12-15-26(2)24(22)13-17-27(26,29)16-10-19-6-4-3-5-7-19/h3-7,20-24,28-29H,8-9,11-15,17-18H2,1-2H3/t20-,21+,22+,23-,24+,25+,26+,27+/m0/s1. The van der Waals surface area contributed by atoms with Crippen LogP contribution in [0.4, 0.5) is 0 Å². The molecule has 0 aromatic heterocycles. The second-order valence-electron chi connectivity index (χ2n) is 11.1. The zero-order valence-corrected chi connectivity index (χ0v) is 18.0. The third-order valence-electron chi connectivity index (χ3n) is 9.98. The first-order valence-electron chi connectivity index (χ1n) is 11.8. The summed E-state index contributed by atoms with van der Waals surface area (Å²) >= 11 is 0. The van der Waals surface area contributed by atoms with Crippen molar-refractivity contribution in [1.29, 1.82) is 0 Å².